The maximum Gasteiger partial charge on any atom is 0.224 e. The Kier molecular flexibility index (Phi) is 4.65. The number of aromatic nitrogens is 3. The van der Waals surface area contributed by atoms with Crippen LogP contribution < -0.4 is 4.74 Å². The van der Waals surface area contributed by atoms with E-state index in [1.54, 1.807) is 0 Å². The zero-order valence-electron chi connectivity index (χ0n) is 16.4. The normalized spacial score (nSPS) is 18.4. The van der Waals surface area contributed by atoms with Crippen molar-refractivity contribution in [3.63, 3.8) is 0 Å². The summed E-state index contributed by atoms with van der Waals surface area (Å²) >= 11 is 0. The molecule has 27 heavy (non-hydrogen) atoms. The van der Waals surface area contributed by atoms with Gasteiger partial charge in [-0.25, -0.2) is 4.98 Å². The highest BCUT2D eigenvalue weighted by Gasteiger charge is 2.40. The number of benzene rings is 1. The van der Waals surface area contributed by atoms with E-state index in [2.05, 4.69) is 66.1 Å². The molecule has 4 rings (SSSR count). The van der Waals surface area contributed by atoms with Crippen LogP contribution in [0.15, 0.2) is 42.7 Å². The van der Waals surface area contributed by atoms with Crippen LogP contribution in [-0.4, -0.2) is 21.6 Å². The monoisotopic (exact) mass is 359 g/mol. The average Bonchev–Trinajstić information content (AvgIpc) is 3.43. The molecule has 0 N–H and O–H groups in total. The Morgan fingerprint density at radius 1 is 0.926 bits per heavy atom. The molecule has 0 bridgehead atoms. The lowest BCUT2D eigenvalue weighted by molar-refractivity contribution is 0.285. The van der Waals surface area contributed by atoms with Gasteiger partial charge in [-0.3, -0.25) is 4.98 Å². The SMILES string of the molecule is Cc1ccc(C2C[C@@H]2COc2nc(C)ncc2-c2cc(C)ccc2C)nc1. The Morgan fingerprint density at radius 3 is 2.52 bits per heavy atom. The van der Waals surface area contributed by atoms with Crippen LogP contribution in [0.2, 0.25) is 0 Å². The summed E-state index contributed by atoms with van der Waals surface area (Å²) in [5.41, 5.74) is 6.88. The van der Waals surface area contributed by atoms with E-state index in [0.29, 0.717) is 24.3 Å². The van der Waals surface area contributed by atoms with Gasteiger partial charge in [-0.05, 0) is 56.9 Å². The highest BCUT2D eigenvalue weighted by atomic mass is 16.5. The smallest absolute Gasteiger partial charge is 0.224 e. The van der Waals surface area contributed by atoms with E-state index in [1.165, 1.54) is 22.4 Å². The molecule has 0 radical (unpaired) electrons. The summed E-state index contributed by atoms with van der Waals surface area (Å²) in [6.07, 6.45) is 4.95. The summed E-state index contributed by atoms with van der Waals surface area (Å²) in [5.74, 6) is 2.41. The molecule has 2 atom stereocenters. The van der Waals surface area contributed by atoms with Crippen molar-refractivity contribution in [1.82, 2.24) is 15.0 Å². The highest BCUT2D eigenvalue weighted by molar-refractivity contribution is 5.71. The first-order chi connectivity index (χ1) is 13.0. The Labute approximate surface area is 160 Å². The standard InChI is InChI=1S/C23H25N3O/c1-14-5-7-16(3)19(9-14)21-12-24-17(4)26-23(21)27-13-18-10-20(18)22-8-6-15(2)11-25-22/h5-9,11-12,18,20H,10,13H2,1-4H3/t18-,20?/m1/s1. The van der Waals surface area contributed by atoms with E-state index in [-0.39, 0.29) is 0 Å². The molecule has 0 aliphatic heterocycles. The summed E-state index contributed by atoms with van der Waals surface area (Å²) in [6, 6.07) is 10.7. The van der Waals surface area contributed by atoms with Crippen LogP contribution in [0.1, 0.15) is 40.5 Å². The molecule has 1 aromatic carbocycles. The van der Waals surface area contributed by atoms with Crippen LogP contribution in [0.25, 0.3) is 11.1 Å². The van der Waals surface area contributed by atoms with Crippen LogP contribution >= 0.6 is 0 Å². The molecule has 2 heterocycles. The fourth-order valence-corrected chi connectivity index (χ4v) is 3.45. The van der Waals surface area contributed by atoms with Gasteiger partial charge in [-0.2, -0.15) is 4.98 Å². The van der Waals surface area contributed by atoms with Crippen LogP contribution in [0.4, 0.5) is 0 Å². The quantitative estimate of drug-likeness (QED) is 0.646. The summed E-state index contributed by atoms with van der Waals surface area (Å²) in [6.45, 7) is 8.83. The second-order valence-electron chi connectivity index (χ2n) is 7.63. The third-order valence-electron chi connectivity index (χ3n) is 5.23. The van der Waals surface area contributed by atoms with E-state index in [4.69, 9.17) is 4.74 Å². The minimum absolute atomic E-state index is 0.498. The topological polar surface area (TPSA) is 47.9 Å². The second-order valence-corrected chi connectivity index (χ2v) is 7.63. The van der Waals surface area contributed by atoms with Gasteiger partial charge in [0, 0.05) is 29.9 Å². The van der Waals surface area contributed by atoms with E-state index in [1.807, 2.05) is 19.3 Å². The molecule has 1 aliphatic carbocycles. The third kappa shape index (κ3) is 3.85. The van der Waals surface area contributed by atoms with E-state index in [0.717, 1.165) is 23.4 Å². The molecule has 1 fully saturated rings. The number of pyridine rings is 1. The van der Waals surface area contributed by atoms with Crippen LogP contribution in [-0.2, 0) is 0 Å². The van der Waals surface area contributed by atoms with E-state index >= 15 is 0 Å². The lowest BCUT2D eigenvalue weighted by atomic mass is 10.0. The number of aryl methyl sites for hydroxylation is 4. The first-order valence-corrected chi connectivity index (χ1v) is 9.48. The Hall–Kier alpha value is -2.75. The van der Waals surface area contributed by atoms with Gasteiger partial charge < -0.3 is 4.74 Å². The Bertz CT molecular complexity index is 966. The number of ether oxygens (including phenoxy) is 1. The van der Waals surface area contributed by atoms with Crippen molar-refractivity contribution in [3.8, 4) is 17.0 Å². The number of rotatable bonds is 5. The zero-order chi connectivity index (χ0) is 19.0. The van der Waals surface area contributed by atoms with Gasteiger partial charge in [0.25, 0.3) is 0 Å². The van der Waals surface area contributed by atoms with Gasteiger partial charge >= 0.3 is 0 Å². The first kappa shape index (κ1) is 17.7. The van der Waals surface area contributed by atoms with Crippen molar-refractivity contribution in [2.24, 2.45) is 5.92 Å². The molecule has 3 aromatic rings. The van der Waals surface area contributed by atoms with E-state index in [9.17, 15) is 0 Å². The van der Waals surface area contributed by atoms with Crippen LogP contribution in [0.3, 0.4) is 0 Å². The van der Waals surface area contributed by atoms with Crippen molar-refractivity contribution in [2.45, 2.75) is 40.0 Å². The van der Waals surface area contributed by atoms with Gasteiger partial charge in [0.05, 0.1) is 12.2 Å². The van der Waals surface area contributed by atoms with Crippen molar-refractivity contribution in [1.29, 1.82) is 0 Å². The predicted octanol–water partition coefficient (Wildman–Crippen LogP) is 4.95. The largest absolute Gasteiger partial charge is 0.477 e. The highest BCUT2D eigenvalue weighted by Crippen LogP contribution is 2.47. The number of nitrogens with zero attached hydrogens (tertiary/aromatic N) is 3. The maximum atomic E-state index is 6.19. The number of hydrogen-bond donors (Lipinski definition) is 0. The fraction of sp³-hybridized carbons (Fsp3) is 0.348. The average molecular weight is 359 g/mol. The van der Waals surface area contributed by atoms with Crippen molar-refractivity contribution >= 4 is 0 Å². The second kappa shape index (κ2) is 7.10. The van der Waals surface area contributed by atoms with Gasteiger partial charge in [-0.1, -0.05) is 29.8 Å². The van der Waals surface area contributed by atoms with Gasteiger partial charge in [0.15, 0.2) is 0 Å². The molecule has 2 aromatic heterocycles. The summed E-state index contributed by atoms with van der Waals surface area (Å²) in [4.78, 5) is 13.5. The zero-order valence-corrected chi connectivity index (χ0v) is 16.4. The molecule has 4 nitrogen and oxygen atoms in total. The fourth-order valence-electron chi connectivity index (χ4n) is 3.45. The molecule has 0 saturated heterocycles. The minimum atomic E-state index is 0.498. The van der Waals surface area contributed by atoms with Crippen LogP contribution in [0.5, 0.6) is 5.88 Å². The Balaban J connectivity index is 1.52. The molecule has 1 aliphatic rings. The molecular weight excluding hydrogens is 334 g/mol. The lowest BCUT2D eigenvalue weighted by Gasteiger charge is -2.13. The lowest BCUT2D eigenvalue weighted by Crippen LogP contribution is -2.06. The molecule has 1 saturated carbocycles. The summed E-state index contributed by atoms with van der Waals surface area (Å²) < 4.78 is 6.19. The molecule has 0 spiro atoms. The Morgan fingerprint density at radius 2 is 1.74 bits per heavy atom. The summed E-state index contributed by atoms with van der Waals surface area (Å²) in [5, 5.41) is 0. The van der Waals surface area contributed by atoms with Crippen molar-refractivity contribution < 1.29 is 4.74 Å². The molecule has 0 amide bonds. The summed E-state index contributed by atoms with van der Waals surface area (Å²) in [7, 11) is 0. The predicted molar refractivity (Wildman–Crippen MR) is 107 cm³/mol. The van der Waals surface area contributed by atoms with E-state index < -0.39 is 0 Å². The molecule has 4 heteroatoms. The van der Waals surface area contributed by atoms with Crippen LogP contribution in [0, 0.1) is 33.6 Å². The third-order valence-corrected chi connectivity index (χ3v) is 5.23. The van der Waals surface area contributed by atoms with Gasteiger partial charge in [0.2, 0.25) is 5.88 Å². The molecule has 1 unspecified atom stereocenters. The maximum absolute atomic E-state index is 6.19. The van der Waals surface area contributed by atoms with Gasteiger partial charge in [-0.15, -0.1) is 0 Å². The van der Waals surface area contributed by atoms with Gasteiger partial charge in [0.1, 0.15) is 5.82 Å². The minimum Gasteiger partial charge on any atom is -0.477 e. The number of hydrogen-bond acceptors (Lipinski definition) is 4. The van der Waals surface area contributed by atoms with Crippen molar-refractivity contribution in [2.75, 3.05) is 6.61 Å². The van der Waals surface area contributed by atoms with Crippen molar-refractivity contribution in [3.05, 3.63) is 70.9 Å². The molecular formula is C23H25N3O. The first-order valence-electron chi connectivity index (χ1n) is 9.48. The molecule has 138 valence electrons.